The second-order valence-corrected chi connectivity index (χ2v) is 5.59. The van der Waals surface area contributed by atoms with Crippen LogP contribution in [0.4, 0.5) is 0 Å². The summed E-state index contributed by atoms with van der Waals surface area (Å²) in [5, 5.41) is 9.03. The molecular formula is C11H8BrNO2S. The molecule has 0 aliphatic heterocycles. The van der Waals surface area contributed by atoms with Gasteiger partial charge >= 0.3 is 5.97 Å². The molecular weight excluding hydrogens is 290 g/mol. The largest absolute Gasteiger partial charge is 0.476 e. The molecule has 1 N–H and O–H groups in total. The van der Waals surface area contributed by atoms with Crippen molar-refractivity contribution >= 4 is 33.2 Å². The minimum atomic E-state index is -1.00. The summed E-state index contributed by atoms with van der Waals surface area (Å²) in [7, 11) is 0. The lowest BCUT2D eigenvalue weighted by Gasteiger charge is -1.99. The summed E-state index contributed by atoms with van der Waals surface area (Å²) >= 11 is 4.54. The topological polar surface area (TPSA) is 50.2 Å². The Kier molecular flexibility index (Phi) is 3.07. The number of aryl methyl sites for hydroxylation is 1. The lowest BCUT2D eigenvalue weighted by molar-refractivity contribution is 0.0692. The van der Waals surface area contributed by atoms with E-state index in [1.165, 1.54) is 11.3 Å². The van der Waals surface area contributed by atoms with Crippen LogP contribution in [0.2, 0.25) is 0 Å². The van der Waals surface area contributed by atoms with Crippen LogP contribution in [0, 0.1) is 6.92 Å². The van der Waals surface area contributed by atoms with E-state index < -0.39 is 5.97 Å². The summed E-state index contributed by atoms with van der Waals surface area (Å²) in [4.78, 5) is 15.7. The highest BCUT2D eigenvalue weighted by Gasteiger charge is 2.17. The summed E-state index contributed by atoms with van der Waals surface area (Å²) < 4.78 is 0.585. The summed E-state index contributed by atoms with van der Waals surface area (Å²) in [6.07, 6.45) is 0. The zero-order valence-electron chi connectivity index (χ0n) is 8.40. The Bertz CT molecular complexity index is 551. The monoisotopic (exact) mass is 297 g/mol. The minimum Gasteiger partial charge on any atom is -0.476 e. The fourth-order valence-electron chi connectivity index (χ4n) is 1.42. The number of hydrogen-bond acceptors (Lipinski definition) is 3. The van der Waals surface area contributed by atoms with Crippen molar-refractivity contribution in [2.45, 2.75) is 6.92 Å². The molecule has 0 radical (unpaired) electrons. The molecule has 0 fully saturated rings. The van der Waals surface area contributed by atoms with Gasteiger partial charge in [0.05, 0.1) is 4.88 Å². The van der Waals surface area contributed by atoms with Crippen LogP contribution in [0.3, 0.4) is 0 Å². The Morgan fingerprint density at radius 2 is 2.25 bits per heavy atom. The number of aromatic carboxylic acids is 1. The van der Waals surface area contributed by atoms with Crippen molar-refractivity contribution in [3.8, 4) is 10.4 Å². The Hall–Kier alpha value is -1.20. The number of thiazole rings is 1. The summed E-state index contributed by atoms with van der Waals surface area (Å²) in [6, 6.07) is 7.72. The normalized spacial score (nSPS) is 10.4. The van der Waals surface area contributed by atoms with E-state index in [4.69, 9.17) is 5.11 Å². The summed E-state index contributed by atoms with van der Waals surface area (Å²) in [6.45, 7) is 1.97. The highest BCUT2D eigenvalue weighted by atomic mass is 79.9. The van der Waals surface area contributed by atoms with Gasteiger partial charge < -0.3 is 5.11 Å². The summed E-state index contributed by atoms with van der Waals surface area (Å²) in [5.74, 6) is -1.00. The molecule has 3 nitrogen and oxygen atoms in total. The quantitative estimate of drug-likeness (QED) is 0.922. The van der Waals surface area contributed by atoms with Gasteiger partial charge in [0, 0.05) is 0 Å². The van der Waals surface area contributed by atoms with Crippen molar-refractivity contribution in [2.24, 2.45) is 0 Å². The SMILES string of the molecule is Cc1cccc(-c2sc(Br)nc2C(=O)O)c1. The maximum absolute atomic E-state index is 11.0. The number of carbonyl (C=O) groups is 1. The van der Waals surface area contributed by atoms with Gasteiger partial charge in [-0.1, -0.05) is 29.8 Å². The molecule has 16 heavy (non-hydrogen) atoms. The zero-order chi connectivity index (χ0) is 11.7. The fraction of sp³-hybridized carbons (Fsp3) is 0.0909. The van der Waals surface area contributed by atoms with Crippen molar-refractivity contribution in [1.82, 2.24) is 4.98 Å². The third kappa shape index (κ3) is 2.15. The molecule has 82 valence electrons. The van der Waals surface area contributed by atoms with Crippen LogP contribution >= 0.6 is 27.3 Å². The fourth-order valence-corrected chi connectivity index (χ4v) is 2.86. The molecule has 0 spiro atoms. The lowest BCUT2D eigenvalue weighted by Crippen LogP contribution is -1.98. The highest BCUT2D eigenvalue weighted by molar-refractivity contribution is 9.11. The predicted molar refractivity (Wildman–Crippen MR) is 66.9 cm³/mol. The van der Waals surface area contributed by atoms with Gasteiger partial charge in [-0.25, -0.2) is 9.78 Å². The van der Waals surface area contributed by atoms with Crippen molar-refractivity contribution in [3.05, 3.63) is 39.4 Å². The number of nitrogens with zero attached hydrogens (tertiary/aromatic N) is 1. The third-order valence-electron chi connectivity index (χ3n) is 2.08. The molecule has 0 atom stereocenters. The Morgan fingerprint density at radius 1 is 1.50 bits per heavy atom. The Morgan fingerprint density at radius 3 is 2.88 bits per heavy atom. The molecule has 0 saturated heterocycles. The van der Waals surface area contributed by atoms with Gasteiger partial charge in [0.1, 0.15) is 0 Å². The average molecular weight is 298 g/mol. The van der Waals surface area contributed by atoms with Crippen LogP contribution in [0.5, 0.6) is 0 Å². The molecule has 2 aromatic rings. The number of rotatable bonds is 2. The molecule has 0 aliphatic rings. The van der Waals surface area contributed by atoms with Crippen molar-refractivity contribution in [1.29, 1.82) is 0 Å². The number of halogens is 1. The molecule has 5 heteroatoms. The first-order valence-corrected chi connectivity index (χ1v) is 6.15. The molecule has 1 aromatic heterocycles. The van der Waals surface area contributed by atoms with E-state index in [0.29, 0.717) is 8.79 Å². The minimum absolute atomic E-state index is 0.0995. The standard InChI is InChI=1S/C11H8BrNO2S/c1-6-3-2-4-7(5-6)9-8(10(14)15)13-11(12)16-9/h2-5H,1H3,(H,14,15). The van der Waals surface area contributed by atoms with Crippen LogP contribution in [-0.2, 0) is 0 Å². The van der Waals surface area contributed by atoms with Gasteiger partial charge in [0.15, 0.2) is 9.61 Å². The third-order valence-corrected chi connectivity index (χ3v) is 3.64. The van der Waals surface area contributed by atoms with Gasteiger partial charge in [-0.05, 0) is 28.4 Å². The van der Waals surface area contributed by atoms with E-state index in [1.54, 1.807) is 0 Å². The average Bonchev–Trinajstić information content (AvgIpc) is 2.60. The van der Waals surface area contributed by atoms with E-state index in [9.17, 15) is 4.79 Å². The number of benzene rings is 1. The van der Waals surface area contributed by atoms with Crippen LogP contribution in [0.1, 0.15) is 16.1 Å². The predicted octanol–water partition coefficient (Wildman–Crippen LogP) is 3.58. The van der Waals surface area contributed by atoms with Crippen molar-refractivity contribution < 1.29 is 9.90 Å². The highest BCUT2D eigenvalue weighted by Crippen LogP contribution is 2.33. The van der Waals surface area contributed by atoms with Gasteiger partial charge in [0.2, 0.25) is 0 Å². The maximum atomic E-state index is 11.0. The lowest BCUT2D eigenvalue weighted by atomic mass is 10.1. The molecule has 0 unspecified atom stereocenters. The van der Waals surface area contributed by atoms with Gasteiger partial charge in [-0.15, -0.1) is 11.3 Å². The van der Waals surface area contributed by atoms with Gasteiger partial charge in [-0.2, -0.15) is 0 Å². The molecule has 0 saturated carbocycles. The van der Waals surface area contributed by atoms with Crippen LogP contribution in [0.15, 0.2) is 28.2 Å². The second kappa shape index (κ2) is 4.35. The van der Waals surface area contributed by atoms with Crippen LogP contribution < -0.4 is 0 Å². The van der Waals surface area contributed by atoms with Gasteiger partial charge in [0.25, 0.3) is 0 Å². The number of carboxylic acid groups (broad SMARTS) is 1. The molecule has 0 aliphatic carbocycles. The van der Waals surface area contributed by atoms with Crippen molar-refractivity contribution in [2.75, 3.05) is 0 Å². The molecule has 0 bridgehead atoms. The summed E-state index contributed by atoms with van der Waals surface area (Å²) in [5.41, 5.74) is 2.08. The Balaban J connectivity index is 2.59. The first kappa shape index (κ1) is 11.3. The van der Waals surface area contributed by atoms with E-state index in [1.807, 2.05) is 31.2 Å². The second-order valence-electron chi connectivity index (χ2n) is 3.32. The van der Waals surface area contributed by atoms with Crippen LogP contribution in [0.25, 0.3) is 10.4 Å². The zero-order valence-corrected chi connectivity index (χ0v) is 10.8. The molecule has 0 amide bonds. The molecule has 1 aromatic carbocycles. The number of aromatic nitrogens is 1. The van der Waals surface area contributed by atoms with E-state index >= 15 is 0 Å². The maximum Gasteiger partial charge on any atom is 0.356 e. The van der Waals surface area contributed by atoms with Crippen LogP contribution in [-0.4, -0.2) is 16.1 Å². The smallest absolute Gasteiger partial charge is 0.356 e. The van der Waals surface area contributed by atoms with E-state index in [2.05, 4.69) is 20.9 Å². The number of hydrogen-bond donors (Lipinski definition) is 1. The van der Waals surface area contributed by atoms with Crippen molar-refractivity contribution in [3.63, 3.8) is 0 Å². The molecule has 2 rings (SSSR count). The van der Waals surface area contributed by atoms with E-state index in [0.717, 1.165) is 11.1 Å². The number of carboxylic acids is 1. The van der Waals surface area contributed by atoms with E-state index in [-0.39, 0.29) is 5.69 Å². The Labute approximate surface area is 105 Å². The first-order chi connectivity index (χ1) is 7.58. The molecule has 1 heterocycles. The first-order valence-electron chi connectivity index (χ1n) is 4.54. The van der Waals surface area contributed by atoms with Gasteiger partial charge in [-0.3, -0.25) is 0 Å².